The molecule has 0 amide bonds. The van der Waals surface area contributed by atoms with Gasteiger partial charge in [0.05, 0.1) is 17.4 Å². The number of sulfonamides is 1. The molecular formula is C25H19ClN4O4S. The van der Waals surface area contributed by atoms with Gasteiger partial charge in [0, 0.05) is 21.8 Å². The Morgan fingerprint density at radius 3 is 2.37 bits per heavy atom. The first-order chi connectivity index (χ1) is 16.9. The van der Waals surface area contributed by atoms with Crippen LogP contribution in [0.3, 0.4) is 0 Å². The van der Waals surface area contributed by atoms with Gasteiger partial charge in [0.2, 0.25) is 5.71 Å². The van der Waals surface area contributed by atoms with Gasteiger partial charge >= 0.3 is 0 Å². The van der Waals surface area contributed by atoms with Gasteiger partial charge in [-0.25, -0.2) is 18.4 Å². The SMILES string of the molecule is COc1ccc(-c2oc3ncnc(N)c3c2-c2ccc(NS(=O)(=O)c3cccc(Cl)c3)cc2)cc1. The highest BCUT2D eigenvalue weighted by Crippen LogP contribution is 2.42. The van der Waals surface area contributed by atoms with Crippen molar-refractivity contribution in [3.63, 3.8) is 0 Å². The highest BCUT2D eigenvalue weighted by molar-refractivity contribution is 7.92. The van der Waals surface area contributed by atoms with Crippen molar-refractivity contribution in [1.82, 2.24) is 9.97 Å². The van der Waals surface area contributed by atoms with Gasteiger partial charge in [0.15, 0.2) is 0 Å². The molecule has 3 aromatic carbocycles. The average molecular weight is 507 g/mol. The van der Waals surface area contributed by atoms with E-state index in [0.717, 1.165) is 11.1 Å². The zero-order chi connectivity index (χ0) is 24.6. The van der Waals surface area contributed by atoms with Crippen LogP contribution in [-0.2, 0) is 10.0 Å². The highest BCUT2D eigenvalue weighted by atomic mass is 35.5. The van der Waals surface area contributed by atoms with Gasteiger partial charge < -0.3 is 14.9 Å². The molecule has 0 saturated heterocycles. The lowest BCUT2D eigenvalue weighted by atomic mass is 9.99. The number of ether oxygens (including phenoxy) is 1. The molecule has 5 aromatic rings. The summed E-state index contributed by atoms with van der Waals surface area (Å²) >= 11 is 5.95. The van der Waals surface area contributed by atoms with E-state index >= 15 is 0 Å². The topological polar surface area (TPSA) is 120 Å². The van der Waals surface area contributed by atoms with Crippen LogP contribution in [0.25, 0.3) is 33.6 Å². The van der Waals surface area contributed by atoms with Gasteiger partial charge in [-0.05, 0) is 60.2 Å². The lowest BCUT2D eigenvalue weighted by Crippen LogP contribution is -2.12. The molecule has 5 rings (SSSR count). The second-order valence-corrected chi connectivity index (χ2v) is 9.73. The molecule has 0 aliphatic carbocycles. The van der Waals surface area contributed by atoms with Crippen LogP contribution < -0.4 is 15.2 Å². The number of aromatic nitrogens is 2. The molecule has 0 aliphatic heterocycles. The van der Waals surface area contributed by atoms with Gasteiger partial charge in [-0.1, -0.05) is 29.8 Å². The molecule has 2 aromatic heterocycles. The molecular weight excluding hydrogens is 488 g/mol. The second-order valence-electron chi connectivity index (χ2n) is 7.61. The van der Waals surface area contributed by atoms with Crippen LogP contribution in [0.1, 0.15) is 0 Å². The average Bonchev–Trinajstić information content (AvgIpc) is 3.25. The number of hydrogen-bond acceptors (Lipinski definition) is 7. The van der Waals surface area contributed by atoms with E-state index < -0.39 is 10.0 Å². The van der Waals surface area contributed by atoms with Gasteiger partial charge in [0.25, 0.3) is 10.0 Å². The number of benzene rings is 3. The molecule has 10 heteroatoms. The van der Waals surface area contributed by atoms with E-state index in [9.17, 15) is 8.42 Å². The van der Waals surface area contributed by atoms with Crippen LogP contribution >= 0.6 is 11.6 Å². The summed E-state index contributed by atoms with van der Waals surface area (Å²) < 4.78 is 39.4. The number of furan rings is 1. The first-order valence-electron chi connectivity index (χ1n) is 10.4. The number of hydrogen-bond donors (Lipinski definition) is 2. The molecule has 0 radical (unpaired) electrons. The largest absolute Gasteiger partial charge is 0.497 e. The second kappa shape index (κ2) is 8.94. The molecule has 0 fully saturated rings. The Morgan fingerprint density at radius 1 is 0.971 bits per heavy atom. The third kappa shape index (κ3) is 4.39. The minimum Gasteiger partial charge on any atom is -0.497 e. The Kier molecular flexibility index (Phi) is 5.80. The fourth-order valence-electron chi connectivity index (χ4n) is 3.73. The van der Waals surface area contributed by atoms with Crippen molar-refractivity contribution in [2.75, 3.05) is 17.6 Å². The number of nitrogens with zero attached hydrogens (tertiary/aromatic N) is 2. The van der Waals surface area contributed by atoms with E-state index in [-0.39, 0.29) is 10.7 Å². The number of halogens is 1. The molecule has 0 aliphatic rings. The quantitative estimate of drug-likeness (QED) is 0.307. The van der Waals surface area contributed by atoms with Crippen LogP contribution in [0.2, 0.25) is 5.02 Å². The first-order valence-corrected chi connectivity index (χ1v) is 12.3. The van der Waals surface area contributed by atoms with Gasteiger partial charge in [-0.2, -0.15) is 0 Å². The van der Waals surface area contributed by atoms with E-state index in [1.165, 1.54) is 18.5 Å². The van der Waals surface area contributed by atoms with Crippen molar-refractivity contribution in [3.8, 4) is 28.2 Å². The number of nitrogens with one attached hydrogen (secondary N) is 1. The third-order valence-corrected chi connectivity index (χ3v) is 7.02. The van der Waals surface area contributed by atoms with Crippen LogP contribution in [-0.4, -0.2) is 25.5 Å². The molecule has 0 saturated carbocycles. The number of anilines is 2. The number of nitrogens with two attached hydrogens (primary N) is 1. The zero-order valence-corrected chi connectivity index (χ0v) is 20.0. The monoisotopic (exact) mass is 506 g/mol. The fourth-order valence-corrected chi connectivity index (χ4v) is 5.09. The highest BCUT2D eigenvalue weighted by Gasteiger charge is 2.22. The Balaban J connectivity index is 1.56. The minimum atomic E-state index is -3.81. The Labute approximate surface area is 206 Å². The van der Waals surface area contributed by atoms with Crippen LogP contribution in [0.5, 0.6) is 5.75 Å². The summed E-state index contributed by atoms with van der Waals surface area (Å²) in [6, 6.07) is 20.3. The Bertz CT molecular complexity index is 1630. The predicted octanol–water partition coefficient (Wildman–Crippen LogP) is 5.60. The number of rotatable bonds is 6. The zero-order valence-electron chi connectivity index (χ0n) is 18.4. The van der Waals surface area contributed by atoms with Gasteiger partial charge in [0.1, 0.15) is 23.7 Å². The lowest BCUT2D eigenvalue weighted by molar-refractivity contribution is 0.415. The predicted molar refractivity (Wildman–Crippen MR) is 136 cm³/mol. The molecule has 35 heavy (non-hydrogen) atoms. The molecule has 0 atom stereocenters. The van der Waals surface area contributed by atoms with Crippen molar-refractivity contribution >= 4 is 44.2 Å². The molecule has 8 nitrogen and oxygen atoms in total. The van der Waals surface area contributed by atoms with Crippen molar-refractivity contribution in [2.24, 2.45) is 0 Å². The smallest absolute Gasteiger partial charge is 0.261 e. The molecule has 0 spiro atoms. The van der Waals surface area contributed by atoms with Crippen molar-refractivity contribution in [1.29, 1.82) is 0 Å². The van der Waals surface area contributed by atoms with Crippen molar-refractivity contribution in [3.05, 3.63) is 84.1 Å². The summed E-state index contributed by atoms with van der Waals surface area (Å²) in [5, 5.41) is 0.909. The first kappa shape index (κ1) is 22.7. The lowest BCUT2D eigenvalue weighted by Gasteiger charge is -2.10. The Morgan fingerprint density at radius 2 is 1.69 bits per heavy atom. The van der Waals surface area contributed by atoms with Crippen molar-refractivity contribution < 1.29 is 17.6 Å². The number of methoxy groups -OCH3 is 1. The maximum Gasteiger partial charge on any atom is 0.261 e. The van der Waals surface area contributed by atoms with E-state index in [0.29, 0.717) is 38.9 Å². The molecule has 0 bridgehead atoms. The van der Waals surface area contributed by atoms with Crippen LogP contribution in [0, 0.1) is 0 Å². The van der Waals surface area contributed by atoms with Gasteiger partial charge in [-0.15, -0.1) is 0 Å². The molecule has 3 N–H and O–H groups in total. The summed E-state index contributed by atoms with van der Waals surface area (Å²) in [6.07, 6.45) is 1.34. The summed E-state index contributed by atoms with van der Waals surface area (Å²) in [6.45, 7) is 0. The van der Waals surface area contributed by atoms with Crippen LogP contribution in [0.15, 0.2) is 88.4 Å². The Hall–Kier alpha value is -4.08. The van der Waals surface area contributed by atoms with E-state index in [4.69, 9.17) is 26.5 Å². The van der Waals surface area contributed by atoms with E-state index in [1.54, 1.807) is 43.5 Å². The minimum absolute atomic E-state index is 0.0709. The molecule has 0 unspecified atom stereocenters. The summed E-state index contributed by atoms with van der Waals surface area (Å²) in [7, 11) is -2.21. The number of fused-ring (bicyclic) bond motifs is 1. The maximum absolute atomic E-state index is 12.8. The maximum atomic E-state index is 12.8. The van der Waals surface area contributed by atoms with Gasteiger partial charge in [-0.3, -0.25) is 4.72 Å². The number of nitrogen functional groups attached to an aromatic ring is 1. The van der Waals surface area contributed by atoms with E-state index in [1.807, 2.05) is 24.3 Å². The molecule has 2 heterocycles. The summed E-state index contributed by atoms with van der Waals surface area (Å²) in [5.74, 6) is 1.54. The third-order valence-electron chi connectivity index (χ3n) is 5.40. The fraction of sp³-hybridized carbons (Fsp3) is 0.0400. The van der Waals surface area contributed by atoms with E-state index in [2.05, 4.69) is 14.7 Å². The molecule has 176 valence electrons. The summed E-state index contributed by atoms with van der Waals surface area (Å²) in [4.78, 5) is 8.42. The van der Waals surface area contributed by atoms with Crippen molar-refractivity contribution in [2.45, 2.75) is 4.90 Å². The summed E-state index contributed by atoms with van der Waals surface area (Å²) in [5.41, 5.74) is 9.17. The van der Waals surface area contributed by atoms with Crippen LogP contribution in [0.4, 0.5) is 11.5 Å². The standard InChI is InChI=1S/C25H19ClN4O4S/c1-33-19-11-7-16(8-12-19)23-21(22-24(27)28-14-29-25(22)34-23)15-5-9-18(10-6-15)30-35(31,32)20-4-2-3-17(26)13-20/h2-14,30H,1H3,(H2,27,28,29). The normalized spacial score (nSPS) is 11.5.